The number of carbonyl (C=O) groups is 1. The van der Waals surface area contributed by atoms with Crippen LogP contribution in [0.5, 0.6) is 0 Å². The Hall–Kier alpha value is -2.98. The first-order valence-electron chi connectivity index (χ1n) is 8.45. The molecule has 0 aliphatic carbocycles. The molecule has 10 heteroatoms. The highest BCUT2D eigenvalue weighted by Crippen LogP contribution is 2.37. The molecule has 1 N–H and O–H groups in total. The zero-order chi connectivity index (χ0) is 21.3. The summed E-state index contributed by atoms with van der Waals surface area (Å²) in [5.41, 5.74) is -2.64. The number of aromatic nitrogens is 2. The second-order valence-corrected chi connectivity index (χ2v) is 8.29. The standard InChI is InChI=1S/C20H11F4N3OS2/c21-13-6-12(9-25-10-13)19-27-16-5-4-14(8-17(16)29-19)26-18(28)11-2-1-3-15(7-11)30-20(22,23)24/h1-10H,(H,26,28). The first-order chi connectivity index (χ1) is 14.3. The maximum absolute atomic E-state index is 13.4. The van der Waals surface area contributed by atoms with Crippen molar-refractivity contribution in [1.82, 2.24) is 9.97 Å². The lowest BCUT2D eigenvalue weighted by Crippen LogP contribution is -2.12. The number of alkyl halides is 3. The minimum absolute atomic E-state index is 0.0681. The van der Waals surface area contributed by atoms with Crippen LogP contribution >= 0.6 is 23.1 Å². The number of benzene rings is 2. The Morgan fingerprint density at radius 3 is 2.67 bits per heavy atom. The molecule has 2 heterocycles. The molecule has 0 aliphatic heterocycles. The average molecular weight is 449 g/mol. The molecule has 1 amide bonds. The molecular weight excluding hydrogens is 438 g/mol. The van der Waals surface area contributed by atoms with Crippen molar-refractivity contribution >= 4 is 44.9 Å². The number of nitrogens with one attached hydrogen (secondary N) is 1. The van der Waals surface area contributed by atoms with E-state index in [-0.39, 0.29) is 22.2 Å². The van der Waals surface area contributed by atoms with Gasteiger partial charge in [0.05, 0.1) is 16.4 Å². The van der Waals surface area contributed by atoms with Crippen LogP contribution in [0, 0.1) is 5.82 Å². The molecule has 0 bridgehead atoms. The van der Waals surface area contributed by atoms with Crippen molar-refractivity contribution < 1.29 is 22.4 Å². The molecule has 4 nitrogen and oxygen atoms in total. The van der Waals surface area contributed by atoms with Crippen LogP contribution in [0.4, 0.5) is 23.2 Å². The van der Waals surface area contributed by atoms with Gasteiger partial charge in [-0.25, -0.2) is 9.37 Å². The van der Waals surface area contributed by atoms with Gasteiger partial charge in [0, 0.05) is 27.9 Å². The Balaban J connectivity index is 1.55. The average Bonchev–Trinajstić information content (AvgIpc) is 3.10. The van der Waals surface area contributed by atoms with Crippen LogP contribution in [0.1, 0.15) is 10.4 Å². The van der Waals surface area contributed by atoms with E-state index in [1.54, 1.807) is 18.2 Å². The molecule has 30 heavy (non-hydrogen) atoms. The summed E-state index contributed by atoms with van der Waals surface area (Å²) < 4.78 is 51.8. The van der Waals surface area contributed by atoms with Crippen molar-refractivity contribution in [3.05, 3.63) is 72.3 Å². The van der Waals surface area contributed by atoms with Crippen LogP contribution < -0.4 is 5.32 Å². The van der Waals surface area contributed by atoms with E-state index in [1.165, 1.54) is 47.9 Å². The maximum Gasteiger partial charge on any atom is 0.446 e. The molecule has 0 radical (unpaired) electrons. The number of fused-ring (bicyclic) bond motifs is 1. The topological polar surface area (TPSA) is 54.9 Å². The van der Waals surface area contributed by atoms with Gasteiger partial charge in [-0.15, -0.1) is 11.3 Å². The van der Waals surface area contributed by atoms with Crippen LogP contribution in [0.15, 0.2) is 65.8 Å². The number of halogens is 4. The Bertz CT molecular complexity index is 1240. The van der Waals surface area contributed by atoms with Gasteiger partial charge in [-0.2, -0.15) is 13.2 Å². The molecular formula is C20H11F4N3OS2. The third kappa shape index (κ3) is 4.77. The maximum atomic E-state index is 13.4. The summed E-state index contributed by atoms with van der Waals surface area (Å²) in [5, 5.41) is 3.26. The Kier molecular flexibility index (Phi) is 5.44. The fraction of sp³-hybridized carbons (Fsp3) is 0.0500. The number of hydrogen-bond donors (Lipinski definition) is 1. The summed E-state index contributed by atoms with van der Waals surface area (Å²) in [6, 6.07) is 11.7. The van der Waals surface area contributed by atoms with Gasteiger partial charge in [-0.3, -0.25) is 9.78 Å². The number of thioether (sulfide) groups is 1. The molecule has 0 unspecified atom stereocenters. The third-order valence-electron chi connectivity index (χ3n) is 3.93. The van der Waals surface area contributed by atoms with Crippen molar-refractivity contribution in [3.63, 3.8) is 0 Å². The Labute approximate surface area is 176 Å². The normalized spacial score (nSPS) is 11.6. The Morgan fingerprint density at radius 2 is 1.90 bits per heavy atom. The van der Waals surface area contributed by atoms with E-state index in [9.17, 15) is 22.4 Å². The monoisotopic (exact) mass is 449 g/mol. The van der Waals surface area contributed by atoms with Gasteiger partial charge in [-0.05, 0) is 54.2 Å². The first kappa shape index (κ1) is 20.3. The summed E-state index contributed by atoms with van der Waals surface area (Å²) in [5.74, 6) is -0.997. The highest BCUT2D eigenvalue weighted by molar-refractivity contribution is 8.00. The number of hydrogen-bond acceptors (Lipinski definition) is 5. The van der Waals surface area contributed by atoms with Crippen LogP contribution in [-0.2, 0) is 0 Å². The predicted molar refractivity (Wildman–Crippen MR) is 109 cm³/mol. The first-order valence-corrected chi connectivity index (χ1v) is 10.1. The molecule has 4 aromatic rings. The summed E-state index contributed by atoms with van der Waals surface area (Å²) in [6.45, 7) is 0. The van der Waals surface area contributed by atoms with Crippen molar-refractivity contribution in [2.24, 2.45) is 0 Å². The predicted octanol–water partition coefficient (Wildman–Crippen LogP) is 6.36. The van der Waals surface area contributed by atoms with Gasteiger partial charge in [0.25, 0.3) is 5.91 Å². The molecule has 4 rings (SSSR count). The van der Waals surface area contributed by atoms with Crippen molar-refractivity contribution in [2.75, 3.05) is 5.32 Å². The molecule has 0 saturated carbocycles. The molecule has 2 aromatic heterocycles. The van der Waals surface area contributed by atoms with Crippen LogP contribution in [0.3, 0.4) is 0 Å². The Morgan fingerprint density at radius 1 is 1.07 bits per heavy atom. The van der Waals surface area contributed by atoms with Crippen molar-refractivity contribution in [2.45, 2.75) is 10.4 Å². The molecule has 0 saturated heterocycles. The summed E-state index contributed by atoms with van der Waals surface area (Å²) >= 11 is 1.03. The second-order valence-electron chi connectivity index (χ2n) is 6.12. The smallest absolute Gasteiger partial charge is 0.322 e. The SMILES string of the molecule is O=C(Nc1ccc2nc(-c3cncc(F)c3)sc2c1)c1cccc(SC(F)(F)F)c1. The van der Waals surface area contributed by atoms with Gasteiger partial charge in [0.15, 0.2) is 0 Å². The summed E-state index contributed by atoms with van der Waals surface area (Å²) in [7, 11) is 0. The number of carbonyl (C=O) groups excluding carboxylic acids is 1. The number of rotatable bonds is 4. The van der Waals surface area contributed by atoms with E-state index in [0.29, 0.717) is 21.8 Å². The van der Waals surface area contributed by atoms with E-state index < -0.39 is 17.2 Å². The summed E-state index contributed by atoms with van der Waals surface area (Å²) in [4.78, 5) is 20.7. The van der Waals surface area contributed by atoms with Crippen LogP contribution in [0.25, 0.3) is 20.8 Å². The van der Waals surface area contributed by atoms with E-state index in [1.807, 2.05) is 0 Å². The largest absolute Gasteiger partial charge is 0.446 e. The zero-order valence-corrected chi connectivity index (χ0v) is 16.5. The van der Waals surface area contributed by atoms with Gasteiger partial charge in [0.2, 0.25) is 0 Å². The summed E-state index contributed by atoms with van der Waals surface area (Å²) in [6.07, 6.45) is 2.61. The number of thiazole rings is 1. The lowest BCUT2D eigenvalue weighted by Gasteiger charge is -2.08. The van der Waals surface area contributed by atoms with Gasteiger partial charge >= 0.3 is 5.51 Å². The molecule has 0 fully saturated rings. The van der Waals surface area contributed by atoms with Crippen molar-refractivity contribution in [3.8, 4) is 10.6 Å². The van der Waals surface area contributed by atoms with Gasteiger partial charge in [0.1, 0.15) is 10.8 Å². The fourth-order valence-electron chi connectivity index (χ4n) is 2.69. The third-order valence-corrected chi connectivity index (χ3v) is 5.72. The zero-order valence-electron chi connectivity index (χ0n) is 14.9. The lowest BCUT2D eigenvalue weighted by atomic mass is 10.2. The highest BCUT2D eigenvalue weighted by atomic mass is 32.2. The second kappa shape index (κ2) is 8.04. The van der Waals surface area contributed by atoms with Gasteiger partial charge in [-0.1, -0.05) is 6.07 Å². The minimum atomic E-state index is -4.43. The van der Waals surface area contributed by atoms with Crippen molar-refractivity contribution in [1.29, 1.82) is 0 Å². The molecule has 152 valence electrons. The lowest BCUT2D eigenvalue weighted by molar-refractivity contribution is -0.0328. The molecule has 0 atom stereocenters. The van der Waals surface area contributed by atoms with E-state index >= 15 is 0 Å². The molecule has 2 aromatic carbocycles. The number of pyridine rings is 1. The minimum Gasteiger partial charge on any atom is -0.322 e. The van der Waals surface area contributed by atoms with Crippen LogP contribution in [-0.4, -0.2) is 21.4 Å². The highest BCUT2D eigenvalue weighted by Gasteiger charge is 2.29. The number of amides is 1. The fourth-order valence-corrected chi connectivity index (χ4v) is 4.28. The van der Waals surface area contributed by atoms with E-state index in [4.69, 9.17) is 0 Å². The number of nitrogens with zero attached hydrogens (tertiary/aromatic N) is 2. The van der Waals surface area contributed by atoms with Crippen LogP contribution in [0.2, 0.25) is 0 Å². The molecule has 0 aliphatic rings. The quantitative estimate of drug-likeness (QED) is 0.291. The number of anilines is 1. The van der Waals surface area contributed by atoms with E-state index in [0.717, 1.165) is 10.9 Å². The van der Waals surface area contributed by atoms with E-state index in [2.05, 4.69) is 15.3 Å². The van der Waals surface area contributed by atoms with Gasteiger partial charge < -0.3 is 5.32 Å². The molecule has 0 spiro atoms.